The third-order valence-electron chi connectivity index (χ3n) is 1.82. The zero-order valence-corrected chi connectivity index (χ0v) is 9.47. The van der Waals surface area contributed by atoms with E-state index in [1.54, 1.807) is 0 Å². The Morgan fingerprint density at radius 3 is 2.50 bits per heavy atom. The number of halogens is 1. The zero-order valence-electron chi connectivity index (χ0n) is 8.71. The van der Waals surface area contributed by atoms with E-state index in [2.05, 4.69) is 4.98 Å². The van der Waals surface area contributed by atoms with E-state index in [1.807, 2.05) is 51.1 Å². The second kappa shape index (κ2) is 4.97. The number of hydrogen-bond acceptors (Lipinski definition) is 1. The summed E-state index contributed by atoms with van der Waals surface area (Å²) in [6.45, 7) is 5.97. The molecule has 1 aromatic carbocycles. The molecule has 0 amide bonds. The van der Waals surface area contributed by atoms with Crippen LogP contribution in [0.4, 0.5) is 0 Å². The van der Waals surface area contributed by atoms with Crippen molar-refractivity contribution >= 4 is 22.5 Å². The summed E-state index contributed by atoms with van der Waals surface area (Å²) in [7, 11) is 0. The first kappa shape index (κ1) is 11.0. The molecule has 1 nitrogen and oxygen atoms in total. The molecule has 0 radical (unpaired) electrons. The molecule has 0 aliphatic heterocycles. The molecule has 14 heavy (non-hydrogen) atoms. The average Bonchev–Trinajstić information content (AvgIpc) is 2.21. The molecule has 0 N–H and O–H groups in total. The van der Waals surface area contributed by atoms with E-state index < -0.39 is 0 Å². The normalized spacial score (nSPS) is 9.43. The SMILES string of the molecule is CC.Cc1ccc2c(Cl)cccc2n1. The first-order valence-corrected chi connectivity index (χ1v) is 5.17. The Bertz CT molecular complexity index is 424. The molecule has 0 atom stereocenters. The van der Waals surface area contributed by atoms with Gasteiger partial charge in [0.2, 0.25) is 0 Å². The van der Waals surface area contributed by atoms with Crippen LogP contribution in [0.2, 0.25) is 5.02 Å². The highest BCUT2D eigenvalue weighted by Gasteiger charge is 1.97. The number of aromatic nitrogens is 1. The van der Waals surface area contributed by atoms with Crippen molar-refractivity contribution in [1.29, 1.82) is 0 Å². The highest BCUT2D eigenvalue weighted by Crippen LogP contribution is 2.21. The zero-order chi connectivity index (χ0) is 10.6. The fraction of sp³-hybridized carbons (Fsp3) is 0.250. The molecule has 1 aromatic heterocycles. The highest BCUT2D eigenvalue weighted by atomic mass is 35.5. The number of nitrogens with zero attached hydrogens (tertiary/aromatic N) is 1. The molecule has 0 bridgehead atoms. The maximum atomic E-state index is 5.97. The van der Waals surface area contributed by atoms with Gasteiger partial charge in [-0.25, -0.2) is 0 Å². The van der Waals surface area contributed by atoms with E-state index in [1.165, 1.54) is 0 Å². The minimum Gasteiger partial charge on any atom is -0.253 e. The van der Waals surface area contributed by atoms with Gasteiger partial charge in [0.15, 0.2) is 0 Å². The lowest BCUT2D eigenvalue weighted by Crippen LogP contribution is -1.82. The van der Waals surface area contributed by atoms with Gasteiger partial charge in [-0.15, -0.1) is 0 Å². The minimum absolute atomic E-state index is 0.764. The van der Waals surface area contributed by atoms with Crippen LogP contribution in [0.25, 0.3) is 10.9 Å². The Hall–Kier alpha value is -1.08. The summed E-state index contributed by atoms with van der Waals surface area (Å²) >= 11 is 5.97. The molecule has 0 saturated heterocycles. The molecule has 0 spiro atoms. The molecular weight excluding hydrogens is 194 g/mol. The maximum Gasteiger partial charge on any atom is 0.0720 e. The van der Waals surface area contributed by atoms with E-state index in [-0.39, 0.29) is 0 Å². The van der Waals surface area contributed by atoms with Crippen molar-refractivity contribution in [2.75, 3.05) is 0 Å². The molecule has 0 unspecified atom stereocenters. The fourth-order valence-electron chi connectivity index (χ4n) is 1.22. The molecule has 0 aliphatic carbocycles. The lowest BCUT2D eigenvalue weighted by atomic mass is 10.2. The van der Waals surface area contributed by atoms with Crippen molar-refractivity contribution < 1.29 is 0 Å². The second-order valence-corrected chi connectivity index (χ2v) is 3.17. The lowest BCUT2D eigenvalue weighted by Gasteiger charge is -1.99. The van der Waals surface area contributed by atoms with Gasteiger partial charge in [-0.3, -0.25) is 4.98 Å². The summed E-state index contributed by atoms with van der Waals surface area (Å²) in [5, 5.41) is 1.78. The lowest BCUT2D eigenvalue weighted by molar-refractivity contribution is 1.26. The topological polar surface area (TPSA) is 12.9 Å². The summed E-state index contributed by atoms with van der Waals surface area (Å²) in [5.74, 6) is 0. The summed E-state index contributed by atoms with van der Waals surface area (Å²) in [6.07, 6.45) is 0. The molecule has 74 valence electrons. The standard InChI is InChI=1S/C10H8ClN.C2H6/c1-7-5-6-8-9(11)3-2-4-10(8)12-7;1-2/h2-6H,1H3;1-2H3. The van der Waals surface area contributed by atoms with Gasteiger partial charge in [0.05, 0.1) is 5.52 Å². The van der Waals surface area contributed by atoms with Gasteiger partial charge >= 0.3 is 0 Å². The third kappa shape index (κ3) is 2.24. The van der Waals surface area contributed by atoms with Crippen molar-refractivity contribution in [3.8, 4) is 0 Å². The fourth-order valence-corrected chi connectivity index (χ4v) is 1.45. The van der Waals surface area contributed by atoms with E-state index in [0.717, 1.165) is 21.6 Å². The maximum absolute atomic E-state index is 5.97. The number of rotatable bonds is 0. The van der Waals surface area contributed by atoms with Crippen LogP contribution in [-0.4, -0.2) is 4.98 Å². The first-order valence-electron chi connectivity index (χ1n) is 4.79. The predicted molar refractivity (Wildman–Crippen MR) is 62.8 cm³/mol. The van der Waals surface area contributed by atoms with Gasteiger partial charge < -0.3 is 0 Å². The number of fused-ring (bicyclic) bond motifs is 1. The van der Waals surface area contributed by atoms with E-state index >= 15 is 0 Å². The Labute approximate surface area is 89.7 Å². The Kier molecular flexibility index (Phi) is 3.90. The van der Waals surface area contributed by atoms with Gasteiger partial charge in [-0.05, 0) is 31.2 Å². The van der Waals surface area contributed by atoms with Crippen LogP contribution in [-0.2, 0) is 0 Å². The smallest absolute Gasteiger partial charge is 0.0720 e. The Balaban J connectivity index is 0.000000461. The molecular formula is C12H14ClN. The molecule has 2 rings (SSSR count). The molecule has 0 aliphatic rings. The van der Waals surface area contributed by atoms with Crippen LogP contribution >= 0.6 is 11.6 Å². The van der Waals surface area contributed by atoms with Crippen LogP contribution in [0.1, 0.15) is 19.5 Å². The number of benzene rings is 1. The van der Waals surface area contributed by atoms with Crippen molar-refractivity contribution in [2.45, 2.75) is 20.8 Å². The van der Waals surface area contributed by atoms with Gasteiger partial charge in [-0.1, -0.05) is 31.5 Å². The van der Waals surface area contributed by atoms with Gasteiger partial charge in [0, 0.05) is 16.1 Å². The van der Waals surface area contributed by atoms with Crippen molar-refractivity contribution in [3.05, 3.63) is 41.0 Å². The minimum atomic E-state index is 0.764. The number of pyridine rings is 1. The molecule has 0 saturated carbocycles. The Morgan fingerprint density at radius 1 is 1.07 bits per heavy atom. The monoisotopic (exact) mass is 207 g/mol. The summed E-state index contributed by atoms with van der Waals surface area (Å²) in [4.78, 5) is 4.35. The number of aryl methyl sites for hydroxylation is 1. The van der Waals surface area contributed by atoms with Gasteiger partial charge in [0.25, 0.3) is 0 Å². The molecule has 2 heteroatoms. The summed E-state index contributed by atoms with van der Waals surface area (Å²) < 4.78 is 0. The molecule has 1 heterocycles. The second-order valence-electron chi connectivity index (χ2n) is 2.76. The van der Waals surface area contributed by atoms with Crippen LogP contribution in [0.3, 0.4) is 0 Å². The quantitative estimate of drug-likeness (QED) is 0.630. The van der Waals surface area contributed by atoms with Crippen LogP contribution in [0.5, 0.6) is 0 Å². The highest BCUT2D eigenvalue weighted by molar-refractivity contribution is 6.35. The van der Waals surface area contributed by atoms with Crippen LogP contribution < -0.4 is 0 Å². The van der Waals surface area contributed by atoms with E-state index in [9.17, 15) is 0 Å². The van der Waals surface area contributed by atoms with Crippen molar-refractivity contribution in [2.24, 2.45) is 0 Å². The van der Waals surface area contributed by atoms with Gasteiger partial charge in [-0.2, -0.15) is 0 Å². The average molecular weight is 208 g/mol. The van der Waals surface area contributed by atoms with Crippen LogP contribution in [0.15, 0.2) is 30.3 Å². The Morgan fingerprint density at radius 2 is 1.79 bits per heavy atom. The van der Waals surface area contributed by atoms with Crippen LogP contribution in [0, 0.1) is 6.92 Å². The predicted octanol–water partition coefficient (Wildman–Crippen LogP) is 4.22. The first-order chi connectivity index (χ1) is 6.77. The largest absolute Gasteiger partial charge is 0.253 e. The van der Waals surface area contributed by atoms with E-state index in [0.29, 0.717) is 0 Å². The van der Waals surface area contributed by atoms with Crippen molar-refractivity contribution in [3.63, 3.8) is 0 Å². The summed E-state index contributed by atoms with van der Waals surface area (Å²) in [5.41, 5.74) is 1.98. The molecule has 2 aromatic rings. The summed E-state index contributed by atoms with van der Waals surface area (Å²) in [6, 6.07) is 9.72. The number of hydrogen-bond donors (Lipinski definition) is 0. The van der Waals surface area contributed by atoms with Crippen molar-refractivity contribution in [1.82, 2.24) is 4.98 Å². The third-order valence-corrected chi connectivity index (χ3v) is 2.15. The van der Waals surface area contributed by atoms with E-state index in [4.69, 9.17) is 11.6 Å². The molecule has 0 fully saturated rings. The van der Waals surface area contributed by atoms with Gasteiger partial charge in [0.1, 0.15) is 0 Å².